The lowest BCUT2D eigenvalue weighted by atomic mass is 10.1. The standard InChI is InChI=1S/C21H20N4O/c1-15-6-8-16(9-7-15)13-22-20-12-18(23-14-24-20)21(26)25-11-10-17-4-2-3-5-19(17)25/h2-9,12,14H,10-11,13H2,1H3,(H,22,23,24). The molecular weight excluding hydrogens is 324 g/mol. The summed E-state index contributed by atoms with van der Waals surface area (Å²) in [4.78, 5) is 23.1. The van der Waals surface area contributed by atoms with Crippen LogP contribution in [0.4, 0.5) is 11.5 Å². The van der Waals surface area contributed by atoms with Crippen molar-refractivity contribution in [2.24, 2.45) is 0 Å². The molecule has 0 saturated carbocycles. The molecule has 2 heterocycles. The van der Waals surface area contributed by atoms with E-state index in [4.69, 9.17) is 0 Å². The van der Waals surface area contributed by atoms with E-state index in [1.54, 1.807) is 11.0 Å². The van der Waals surface area contributed by atoms with Crippen LogP contribution in [0.1, 0.15) is 27.2 Å². The molecule has 130 valence electrons. The first-order valence-electron chi connectivity index (χ1n) is 8.72. The third kappa shape index (κ3) is 3.28. The van der Waals surface area contributed by atoms with Gasteiger partial charge in [0.2, 0.25) is 0 Å². The van der Waals surface area contributed by atoms with E-state index in [1.165, 1.54) is 17.5 Å². The molecule has 2 aromatic carbocycles. The number of carbonyl (C=O) groups excluding carboxylic acids is 1. The van der Waals surface area contributed by atoms with Crippen molar-refractivity contribution in [2.75, 3.05) is 16.8 Å². The van der Waals surface area contributed by atoms with E-state index in [0.717, 1.165) is 17.7 Å². The van der Waals surface area contributed by atoms with Crippen LogP contribution >= 0.6 is 0 Å². The lowest BCUT2D eigenvalue weighted by molar-refractivity contribution is 0.0984. The zero-order chi connectivity index (χ0) is 17.9. The molecule has 5 nitrogen and oxygen atoms in total. The predicted molar refractivity (Wildman–Crippen MR) is 102 cm³/mol. The highest BCUT2D eigenvalue weighted by atomic mass is 16.2. The number of aromatic nitrogens is 2. The van der Waals surface area contributed by atoms with Gasteiger partial charge in [0.15, 0.2) is 0 Å². The number of hydrogen-bond acceptors (Lipinski definition) is 4. The number of amides is 1. The molecule has 1 aliphatic heterocycles. The number of anilines is 2. The Kier molecular flexibility index (Phi) is 4.35. The van der Waals surface area contributed by atoms with Gasteiger partial charge < -0.3 is 10.2 Å². The van der Waals surface area contributed by atoms with Crippen molar-refractivity contribution in [1.82, 2.24) is 9.97 Å². The zero-order valence-electron chi connectivity index (χ0n) is 14.6. The summed E-state index contributed by atoms with van der Waals surface area (Å²) < 4.78 is 0. The molecule has 3 aromatic rings. The normalized spacial score (nSPS) is 12.7. The Balaban J connectivity index is 1.49. The minimum absolute atomic E-state index is 0.0873. The van der Waals surface area contributed by atoms with Crippen LogP contribution in [0.25, 0.3) is 0 Å². The van der Waals surface area contributed by atoms with Gasteiger partial charge in [0.25, 0.3) is 5.91 Å². The SMILES string of the molecule is Cc1ccc(CNc2cc(C(=O)N3CCc4ccccc43)ncn2)cc1. The summed E-state index contributed by atoms with van der Waals surface area (Å²) in [6, 6.07) is 18.1. The van der Waals surface area contributed by atoms with Crippen LogP contribution < -0.4 is 10.2 Å². The lowest BCUT2D eigenvalue weighted by Gasteiger charge is -2.17. The van der Waals surface area contributed by atoms with E-state index in [0.29, 0.717) is 24.6 Å². The van der Waals surface area contributed by atoms with Crippen LogP contribution in [0.3, 0.4) is 0 Å². The minimum atomic E-state index is -0.0873. The number of hydrogen-bond donors (Lipinski definition) is 1. The van der Waals surface area contributed by atoms with Gasteiger partial charge in [-0.2, -0.15) is 0 Å². The van der Waals surface area contributed by atoms with Crippen molar-refractivity contribution in [3.05, 3.63) is 83.3 Å². The van der Waals surface area contributed by atoms with E-state index >= 15 is 0 Å². The van der Waals surface area contributed by atoms with Crippen molar-refractivity contribution in [3.63, 3.8) is 0 Å². The molecule has 0 bridgehead atoms. The maximum atomic E-state index is 12.9. The van der Waals surface area contributed by atoms with Crippen LogP contribution in [0, 0.1) is 6.92 Å². The van der Waals surface area contributed by atoms with Gasteiger partial charge in [0.1, 0.15) is 17.8 Å². The molecule has 0 atom stereocenters. The van der Waals surface area contributed by atoms with E-state index < -0.39 is 0 Å². The fraction of sp³-hybridized carbons (Fsp3) is 0.190. The number of nitrogens with zero attached hydrogens (tertiary/aromatic N) is 3. The molecular formula is C21H20N4O. The fourth-order valence-corrected chi connectivity index (χ4v) is 3.16. The average molecular weight is 344 g/mol. The smallest absolute Gasteiger partial charge is 0.277 e. The van der Waals surface area contributed by atoms with Crippen LogP contribution in [0.5, 0.6) is 0 Å². The molecule has 0 saturated heterocycles. The second-order valence-corrected chi connectivity index (χ2v) is 6.46. The van der Waals surface area contributed by atoms with Gasteiger partial charge >= 0.3 is 0 Å². The number of benzene rings is 2. The monoisotopic (exact) mass is 344 g/mol. The number of fused-ring (bicyclic) bond motifs is 1. The first-order valence-corrected chi connectivity index (χ1v) is 8.72. The fourth-order valence-electron chi connectivity index (χ4n) is 3.16. The Morgan fingerprint density at radius 2 is 1.92 bits per heavy atom. The number of rotatable bonds is 4. The Morgan fingerprint density at radius 1 is 1.12 bits per heavy atom. The highest BCUT2D eigenvalue weighted by Gasteiger charge is 2.26. The van der Waals surface area contributed by atoms with Crippen LogP contribution in [0.2, 0.25) is 0 Å². The summed E-state index contributed by atoms with van der Waals surface area (Å²) >= 11 is 0. The Bertz CT molecular complexity index is 937. The topological polar surface area (TPSA) is 58.1 Å². The number of carbonyl (C=O) groups is 1. The van der Waals surface area contributed by atoms with Crippen LogP contribution in [-0.4, -0.2) is 22.4 Å². The number of aryl methyl sites for hydroxylation is 1. The Hall–Kier alpha value is -3.21. The van der Waals surface area contributed by atoms with Gasteiger partial charge in [-0.1, -0.05) is 48.0 Å². The third-order valence-electron chi connectivity index (χ3n) is 4.61. The van der Waals surface area contributed by atoms with Crippen molar-refractivity contribution >= 4 is 17.4 Å². The van der Waals surface area contributed by atoms with Gasteiger partial charge in [0, 0.05) is 24.8 Å². The summed E-state index contributed by atoms with van der Waals surface area (Å²) in [5, 5.41) is 3.26. The van der Waals surface area contributed by atoms with Crippen molar-refractivity contribution in [2.45, 2.75) is 19.9 Å². The molecule has 1 aromatic heterocycles. The summed E-state index contributed by atoms with van der Waals surface area (Å²) in [6.07, 6.45) is 2.32. The second-order valence-electron chi connectivity index (χ2n) is 6.46. The Morgan fingerprint density at radius 3 is 2.77 bits per heavy atom. The molecule has 0 radical (unpaired) electrons. The zero-order valence-corrected chi connectivity index (χ0v) is 14.6. The number of para-hydroxylation sites is 1. The molecule has 0 fully saturated rings. The molecule has 1 aliphatic rings. The highest BCUT2D eigenvalue weighted by Crippen LogP contribution is 2.28. The molecule has 0 spiro atoms. The van der Waals surface area contributed by atoms with E-state index in [9.17, 15) is 4.79 Å². The van der Waals surface area contributed by atoms with E-state index in [1.807, 2.05) is 18.2 Å². The molecule has 1 N–H and O–H groups in total. The molecule has 0 aliphatic carbocycles. The predicted octanol–water partition coefficient (Wildman–Crippen LogP) is 3.60. The van der Waals surface area contributed by atoms with Crippen LogP contribution in [0.15, 0.2) is 60.9 Å². The van der Waals surface area contributed by atoms with E-state index in [2.05, 4.69) is 52.5 Å². The summed E-state index contributed by atoms with van der Waals surface area (Å²) in [6.45, 7) is 3.40. The molecule has 26 heavy (non-hydrogen) atoms. The van der Waals surface area contributed by atoms with Crippen molar-refractivity contribution in [3.8, 4) is 0 Å². The van der Waals surface area contributed by atoms with Crippen LogP contribution in [-0.2, 0) is 13.0 Å². The molecule has 0 unspecified atom stereocenters. The summed E-state index contributed by atoms with van der Waals surface area (Å²) in [5.41, 5.74) is 4.98. The summed E-state index contributed by atoms with van der Waals surface area (Å²) in [5.74, 6) is 0.562. The van der Waals surface area contributed by atoms with Gasteiger partial charge in [-0.15, -0.1) is 0 Å². The molecule has 5 heteroatoms. The van der Waals surface area contributed by atoms with E-state index in [-0.39, 0.29) is 5.91 Å². The van der Waals surface area contributed by atoms with Crippen molar-refractivity contribution < 1.29 is 4.79 Å². The third-order valence-corrected chi connectivity index (χ3v) is 4.61. The maximum Gasteiger partial charge on any atom is 0.277 e. The molecule has 1 amide bonds. The summed E-state index contributed by atoms with van der Waals surface area (Å²) in [7, 11) is 0. The quantitative estimate of drug-likeness (QED) is 0.786. The van der Waals surface area contributed by atoms with Gasteiger partial charge in [-0.3, -0.25) is 4.79 Å². The lowest BCUT2D eigenvalue weighted by Crippen LogP contribution is -2.29. The number of nitrogens with one attached hydrogen (secondary N) is 1. The average Bonchev–Trinajstić information content (AvgIpc) is 3.11. The van der Waals surface area contributed by atoms with Gasteiger partial charge in [-0.05, 0) is 30.5 Å². The molecule has 4 rings (SSSR count). The second kappa shape index (κ2) is 6.96. The van der Waals surface area contributed by atoms with Gasteiger partial charge in [0.05, 0.1) is 0 Å². The first-order chi connectivity index (χ1) is 12.7. The van der Waals surface area contributed by atoms with Gasteiger partial charge in [-0.25, -0.2) is 9.97 Å². The largest absolute Gasteiger partial charge is 0.366 e. The van der Waals surface area contributed by atoms with Crippen molar-refractivity contribution in [1.29, 1.82) is 0 Å². The first kappa shape index (κ1) is 16.3. The highest BCUT2D eigenvalue weighted by molar-refractivity contribution is 6.06. The Labute approximate surface area is 152 Å². The minimum Gasteiger partial charge on any atom is -0.366 e. The maximum absolute atomic E-state index is 12.9.